The maximum atomic E-state index is 12.6. The Bertz CT molecular complexity index is 1020. The van der Waals surface area contributed by atoms with E-state index in [2.05, 4.69) is 15.3 Å². The zero-order valence-electron chi connectivity index (χ0n) is 16.4. The molecular formula is C21H23N3O2S2. The average Bonchev–Trinajstić information content (AvgIpc) is 3.12. The van der Waals surface area contributed by atoms with Gasteiger partial charge in [0.2, 0.25) is 5.91 Å². The topological polar surface area (TPSA) is 72.0 Å². The number of thiophene rings is 1. The molecule has 0 atom stereocenters. The van der Waals surface area contributed by atoms with Crippen LogP contribution < -0.4 is 5.32 Å². The number of ketones is 1. The number of hydrogen-bond acceptors (Lipinski definition) is 6. The number of para-hydroxylation sites is 1. The van der Waals surface area contributed by atoms with Crippen molar-refractivity contribution in [1.82, 2.24) is 15.3 Å². The third-order valence-corrected chi connectivity index (χ3v) is 6.18. The van der Waals surface area contributed by atoms with Gasteiger partial charge in [-0.15, -0.1) is 11.3 Å². The quantitative estimate of drug-likeness (QED) is 0.362. The van der Waals surface area contributed by atoms with Crippen LogP contribution >= 0.6 is 23.1 Å². The highest BCUT2D eigenvalue weighted by molar-refractivity contribution is 8.00. The van der Waals surface area contributed by atoms with Crippen LogP contribution in [0.2, 0.25) is 0 Å². The minimum atomic E-state index is -0.426. The highest BCUT2D eigenvalue weighted by atomic mass is 32.2. The second-order valence-corrected chi connectivity index (χ2v) is 9.64. The van der Waals surface area contributed by atoms with Crippen LogP contribution in [0.25, 0.3) is 10.9 Å². The van der Waals surface area contributed by atoms with E-state index in [1.165, 1.54) is 23.1 Å². The lowest BCUT2D eigenvalue weighted by molar-refractivity contribution is -0.128. The van der Waals surface area contributed by atoms with Crippen molar-refractivity contribution in [3.8, 4) is 0 Å². The zero-order chi connectivity index (χ0) is 20.3. The summed E-state index contributed by atoms with van der Waals surface area (Å²) < 4.78 is 0. The molecule has 7 heteroatoms. The van der Waals surface area contributed by atoms with Gasteiger partial charge in [-0.3, -0.25) is 9.59 Å². The minimum Gasteiger partial charge on any atom is -0.351 e. The second-order valence-electron chi connectivity index (χ2n) is 7.50. The van der Waals surface area contributed by atoms with Crippen LogP contribution in [-0.4, -0.2) is 27.4 Å². The van der Waals surface area contributed by atoms with E-state index in [1.807, 2.05) is 64.1 Å². The van der Waals surface area contributed by atoms with Crippen molar-refractivity contribution in [2.24, 2.45) is 5.41 Å². The van der Waals surface area contributed by atoms with E-state index >= 15 is 0 Å². The van der Waals surface area contributed by atoms with Crippen LogP contribution in [-0.2, 0) is 11.3 Å². The van der Waals surface area contributed by atoms with Crippen molar-refractivity contribution < 1.29 is 9.59 Å². The highest BCUT2D eigenvalue weighted by Gasteiger charge is 2.21. The number of Topliss-reactive ketones (excluding diaryl/α,β-unsaturated/α-hetero) is 1. The Kier molecular flexibility index (Phi) is 6.15. The molecule has 0 spiro atoms. The number of fused-ring (bicyclic) bond motifs is 1. The number of aromatic nitrogens is 2. The summed E-state index contributed by atoms with van der Waals surface area (Å²) in [5.74, 6) is 1.06. The fraction of sp³-hybridized carbons (Fsp3) is 0.333. The van der Waals surface area contributed by atoms with Gasteiger partial charge in [-0.05, 0) is 25.1 Å². The molecule has 0 unspecified atom stereocenters. The van der Waals surface area contributed by atoms with Gasteiger partial charge >= 0.3 is 0 Å². The summed E-state index contributed by atoms with van der Waals surface area (Å²) >= 11 is 2.86. The van der Waals surface area contributed by atoms with Gasteiger partial charge < -0.3 is 5.32 Å². The predicted molar refractivity (Wildman–Crippen MR) is 115 cm³/mol. The molecule has 0 saturated carbocycles. The summed E-state index contributed by atoms with van der Waals surface area (Å²) in [4.78, 5) is 35.2. The molecule has 2 aromatic heterocycles. The Morgan fingerprint density at radius 3 is 2.61 bits per heavy atom. The van der Waals surface area contributed by atoms with Crippen LogP contribution in [0.1, 0.15) is 41.1 Å². The molecule has 1 aromatic carbocycles. The Balaban J connectivity index is 1.64. The Morgan fingerprint density at radius 1 is 1.11 bits per heavy atom. The van der Waals surface area contributed by atoms with Crippen LogP contribution in [0.15, 0.2) is 41.4 Å². The molecular weight excluding hydrogens is 390 g/mol. The number of thioether (sulfide) groups is 1. The summed E-state index contributed by atoms with van der Waals surface area (Å²) in [5.41, 5.74) is 0.461. The monoisotopic (exact) mass is 413 g/mol. The van der Waals surface area contributed by atoms with Crippen molar-refractivity contribution in [3.63, 3.8) is 0 Å². The van der Waals surface area contributed by atoms with Gasteiger partial charge in [-0.1, -0.05) is 50.7 Å². The molecule has 1 N–H and O–H groups in total. The van der Waals surface area contributed by atoms with E-state index in [-0.39, 0.29) is 11.7 Å². The van der Waals surface area contributed by atoms with E-state index in [4.69, 9.17) is 0 Å². The maximum absolute atomic E-state index is 12.6. The number of carbonyl (C=O) groups excluding carboxylic acids is 2. The lowest BCUT2D eigenvalue weighted by Crippen LogP contribution is -2.34. The van der Waals surface area contributed by atoms with Crippen LogP contribution in [0.5, 0.6) is 0 Å². The van der Waals surface area contributed by atoms with E-state index in [0.29, 0.717) is 23.0 Å². The summed E-state index contributed by atoms with van der Waals surface area (Å²) in [6.07, 6.45) is 0. The zero-order valence-corrected chi connectivity index (χ0v) is 18.0. The molecule has 0 fully saturated rings. The van der Waals surface area contributed by atoms with Gasteiger partial charge in [-0.2, -0.15) is 0 Å². The van der Waals surface area contributed by atoms with Crippen molar-refractivity contribution in [2.45, 2.75) is 39.3 Å². The average molecular weight is 414 g/mol. The van der Waals surface area contributed by atoms with E-state index < -0.39 is 5.41 Å². The fourth-order valence-electron chi connectivity index (χ4n) is 2.53. The number of nitrogens with zero attached hydrogens (tertiary/aromatic N) is 2. The van der Waals surface area contributed by atoms with E-state index in [9.17, 15) is 9.59 Å². The molecule has 3 aromatic rings. The molecule has 0 aliphatic rings. The van der Waals surface area contributed by atoms with E-state index in [0.717, 1.165) is 20.8 Å². The molecule has 2 heterocycles. The van der Waals surface area contributed by atoms with Gasteiger partial charge in [0, 0.05) is 15.7 Å². The molecule has 1 amide bonds. The third kappa shape index (κ3) is 4.97. The van der Waals surface area contributed by atoms with Crippen molar-refractivity contribution >= 4 is 45.7 Å². The Hall–Kier alpha value is -2.25. The van der Waals surface area contributed by atoms with Gasteiger partial charge in [0.15, 0.2) is 5.78 Å². The van der Waals surface area contributed by atoms with E-state index in [1.54, 1.807) is 0 Å². The summed E-state index contributed by atoms with van der Waals surface area (Å²) in [6, 6.07) is 11.5. The fourth-order valence-corrected chi connectivity index (χ4v) is 4.45. The number of amides is 1. The minimum absolute atomic E-state index is 0.00431. The lowest BCUT2D eigenvalue weighted by Gasteiger charge is -2.17. The smallest absolute Gasteiger partial charge is 0.225 e. The second kappa shape index (κ2) is 8.41. The first-order chi connectivity index (χ1) is 13.2. The first-order valence-corrected chi connectivity index (χ1v) is 10.8. The van der Waals surface area contributed by atoms with Crippen LogP contribution in [0, 0.1) is 12.3 Å². The summed E-state index contributed by atoms with van der Waals surface area (Å²) in [6.45, 7) is 7.93. The Labute approximate surface area is 173 Å². The first kappa shape index (κ1) is 20.5. The first-order valence-electron chi connectivity index (χ1n) is 9.00. The van der Waals surface area contributed by atoms with Crippen molar-refractivity contribution in [3.05, 3.63) is 52.0 Å². The molecule has 0 saturated heterocycles. The molecule has 5 nitrogen and oxygen atoms in total. The highest BCUT2D eigenvalue weighted by Crippen LogP contribution is 2.27. The number of rotatable bonds is 6. The predicted octanol–water partition coefficient (Wildman–Crippen LogP) is 4.64. The van der Waals surface area contributed by atoms with Crippen molar-refractivity contribution in [2.75, 3.05) is 5.75 Å². The van der Waals surface area contributed by atoms with Gasteiger partial charge in [-0.25, -0.2) is 9.97 Å². The number of aryl methyl sites for hydroxylation is 1. The standard InChI is InChI=1S/C21H23N3O2S2/c1-13-23-16-8-6-5-7-15(16)19(24-13)27-12-17(25)18-10-9-14(28-18)11-22-20(26)21(2,3)4/h5-10H,11-12H2,1-4H3,(H,22,26). The third-order valence-electron chi connectivity index (χ3n) is 4.06. The normalized spacial score (nSPS) is 11.6. The number of hydrogen-bond donors (Lipinski definition) is 1. The lowest BCUT2D eigenvalue weighted by atomic mass is 9.96. The molecule has 3 rings (SSSR count). The summed E-state index contributed by atoms with van der Waals surface area (Å²) in [5, 5.41) is 4.70. The maximum Gasteiger partial charge on any atom is 0.225 e. The molecule has 28 heavy (non-hydrogen) atoms. The van der Waals surface area contributed by atoms with Crippen LogP contribution in [0.4, 0.5) is 0 Å². The van der Waals surface area contributed by atoms with Gasteiger partial charge in [0.05, 0.1) is 22.7 Å². The number of carbonyl (C=O) groups is 2. The molecule has 0 aliphatic carbocycles. The van der Waals surface area contributed by atoms with Crippen molar-refractivity contribution in [1.29, 1.82) is 0 Å². The molecule has 146 valence electrons. The SMILES string of the molecule is Cc1nc(SCC(=O)c2ccc(CNC(=O)C(C)(C)C)s2)c2ccccc2n1. The molecule has 0 aliphatic heterocycles. The number of benzene rings is 1. The Morgan fingerprint density at radius 2 is 1.86 bits per heavy atom. The van der Waals surface area contributed by atoms with Gasteiger partial charge in [0.25, 0.3) is 0 Å². The van der Waals surface area contributed by atoms with Crippen LogP contribution in [0.3, 0.4) is 0 Å². The van der Waals surface area contributed by atoms with Gasteiger partial charge in [0.1, 0.15) is 10.9 Å². The molecule has 0 bridgehead atoms. The molecule has 0 radical (unpaired) electrons. The largest absolute Gasteiger partial charge is 0.351 e. The number of nitrogens with one attached hydrogen (secondary N) is 1. The summed E-state index contributed by atoms with van der Waals surface area (Å²) in [7, 11) is 0.